The lowest BCUT2D eigenvalue weighted by Gasteiger charge is -1.99. The lowest BCUT2D eigenvalue weighted by Crippen LogP contribution is -2.17. The van der Waals surface area contributed by atoms with Crippen LogP contribution in [0.25, 0.3) is 0 Å². The van der Waals surface area contributed by atoms with Gasteiger partial charge in [0.05, 0.1) is 0 Å². The normalized spacial score (nSPS) is 10.3. The van der Waals surface area contributed by atoms with E-state index in [1.807, 2.05) is 12.4 Å². The summed E-state index contributed by atoms with van der Waals surface area (Å²) < 4.78 is 0. The maximum Gasteiger partial charge on any atom is 0.0220 e. The summed E-state index contributed by atoms with van der Waals surface area (Å²) in [6, 6.07) is 2.06. The van der Waals surface area contributed by atoms with Crippen molar-refractivity contribution in [3.8, 4) is 0 Å². The summed E-state index contributed by atoms with van der Waals surface area (Å²) in [6.45, 7) is 2.70. The van der Waals surface area contributed by atoms with E-state index < -0.39 is 0 Å². The SMILES string of the molecule is NCCCNCc1cc[nH]c1. The molecule has 0 aliphatic carbocycles. The number of nitrogens with one attached hydrogen (secondary N) is 2. The highest BCUT2D eigenvalue weighted by Crippen LogP contribution is 1.94. The minimum absolute atomic E-state index is 0.764. The Morgan fingerprint density at radius 1 is 1.55 bits per heavy atom. The third-order valence-corrected chi connectivity index (χ3v) is 1.55. The van der Waals surface area contributed by atoms with Crippen molar-refractivity contribution in [1.29, 1.82) is 0 Å². The average molecular weight is 153 g/mol. The number of aromatic nitrogens is 1. The summed E-state index contributed by atoms with van der Waals surface area (Å²) in [7, 11) is 0. The number of aromatic amines is 1. The Kier molecular flexibility index (Phi) is 3.72. The van der Waals surface area contributed by atoms with Gasteiger partial charge in [0.25, 0.3) is 0 Å². The maximum absolute atomic E-state index is 5.34. The standard InChI is InChI=1S/C8H15N3/c9-3-1-4-10-6-8-2-5-11-7-8/h2,5,7,10-11H,1,3-4,6,9H2. The van der Waals surface area contributed by atoms with Gasteiger partial charge in [0.15, 0.2) is 0 Å². The first-order chi connectivity index (χ1) is 5.43. The van der Waals surface area contributed by atoms with Crippen molar-refractivity contribution in [2.45, 2.75) is 13.0 Å². The van der Waals surface area contributed by atoms with Gasteiger partial charge in [-0.05, 0) is 31.1 Å². The van der Waals surface area contributed by atoms with Crippen molar-refractivity contribution in [2.24, 2.45) is 5.73 Å². The first kappa shape index (κ1) is 8.30. The molecular formula is C8H15N3. The minimum atomic E-state index is 0.764. The second kappa shape index (κ2) is 4.93. The monoisotopic (exact) mass is 153 g/mol. The smallest absolute Gasteiger partial charge is 0.0220 e. The van der Waals surface area contributed by atoms with Crippen molar-refractivity contribution in [2.75, 3.05) is 13.1 Å². The number of rotatable bonds is 5. The third-order valence-electron chi connectivity index (χ3n) is 1.55. The molecule has 0 saturated heterocycles. The van der Waals surface area contributed by atoms with E-state index in [0.29, 0.717) is 0 Å². The Balaban J connectivity index is 2.04. The predicted octanol–water partition coefficient (Wildman–Crippen LogP) is 0.453. The molecular weight excluding hydrogens is 138 g/mol. The molecule has 0 aromatic carbocycles. The molecule has 3 heteroatoms. The topological polar surface area (TPSA) is 53.8 Å². The summed E-state index contributed by atoms with van der Waals surface area (Å²) in [4.78, 5) is 3.01. The molecule has 1 aromatic heterocycles. The van der Waals surface area contributed by atoms with Crippen LogP contribution in [-0.4, -0.2) is 18.1 Å². The Hall–Kier alpha value is -0.800. The highest BCUT2D eigenvalue weighted by molar-refractivity contribution is 5.07. The zero-order valence-electron chi connectivity index (χ0n) is 6.64. The van der Waals surface area contributed by atoms with Gasteiger partial charge in [0.1, 0.15) is 0 Å². The third kappa shape index (κ3) is 3.20. The fraction of sp³-hybridized carbons (Fsp3) is 0.500. The van der Waals surface area contributed by atoms with Crippen LogP contribution >= 0.6 is 0 Å². The average Bonchev–Trinajstić information content (AvgIpc) is 2.50. The van der Waals surface area contributed by atoms with Gasteiger partial charge < -0.3 is 16.0 Å². The molecule has 0 bridgehead atoms. The van der Waals surface area contributed by atoms with Gasteiger partial charge in [-0.3, -0.25) is 0 Å². The van der Waals surface area contributed by atoms with Crippen LogP contribution in [0.4, 0.5) is 0 Å². The molecule has 0 aliphatic rings. The Morgan fingerprint density at radius 3 is 3.09 bits per heavy atom. The molecule has 0 amide bonds. The molecule has 0 saturated carbocycles. The quantitative estimate of drug-likeness (QED) is 0.538. The molecule has 11 heavy (non-hydrogen) atoms. The first-order valence-corrected chi connectivity index (χ1v) is 3.96. The summed E-state index contributed by atoms with van der Waals surface area (Å²) in [5, 5.41) is 3.29. The Morgan fingerprint density at radius 2 is 2.45 bits per heavy atom. The number of hydrogen-bond donors (Lipinski definition) is 3. The van der Waals surface area contributed by atoms with E-state index in [1.165, 1.54) is 5.56 Å². The molecule has 1 heterocycles. The van der Waals surface area contributed by atoms with Crippen LogP contribution in [0, 0.1) is 0 Å². The van der Waals surface area contributed by atoms with Crippen LogP contribution in [0.3, 0.4) is 0 Å². The van der Waals surface area contributed by atoms with Crippen LogP contribution in [0.2, 0.25) is 0 Å². The molecule has 0 spiro atoms. The molecule has 3 nitrogen and oxygen atoms in total. The summed E-state index contributed by atoms with van der Waals surface area (Å²) in [6.07, 6.45) is 4.97. The van der Waals surface area contributed by atoms with E-state index in [4.69, 9.17) is 5.73 Å². The molecule has 62 valence electrons. The number of hydrogen-bond acceptors (Lipinski definition) is 2. The van der Waals surface area contributed by atoms with Gasteiger partial charge in [0.2, 0.25) is 0 Å². The fourth-order valence-electron chi connectivity index (χ4n) is 0.928. The molecule has 0 atom stereocenters. The van der Waals surface area contributed by atoms with Crippen LogP contribution in [0.5, 0.6) is 0 Å². The highest BCUT2D eigenvalue weighted by Gasteiger charge is 1.89. The number of nitrogens with two attached hydrogens (primary N) is 1. The van der Waals surface area contributed by atoms with E-state index in [1.54, 1.807) is 0 Å². The lowest BCUT2D eigenvalue weighted by atomic mass is 10.3. The second-order valence-electron chi connectivity index (χ2n) is 2.54. The van der Waals surface area contributed by atoms with Gasteiger partial charge in [-0.2, -0.15) is 0 Å². The molecule has 1 aromatic rings. The molecule has 1 rings (SSSR count). The van der Waals surface area contributed by atoms with Crippen molar-refractivity contribution < 1.29 is 0 Å². The van der Waals surface area contributed by atoms with Gasteiger partial charge in [0, 0.05) is 18.9 Å². The lowest BCUT2D eigenvalue weighted by molar-refractivity contribution is 0.656. The van der Waals surface area contributed by atoms with Gasteiger partial charge in [-0.1, -0.05) is 0 Å². The van der Waals surface area contributed by atoms with E-state index >= 15 is 0 Å². The maximum atomic E-state index is 5.34. The largest absolute Gasteiger partial charge is 0.367 e. The molecule has 0 unspecified atom stereocenters. The summed E-state index contributed by atoms with van der Waals surface area (Å²) in [5.74, 6) is 0. The molecule has 0 radical (unpaired) electrons. The van der Waals surface area contributed by atoms with Gasteiger partial charge >= 0.3 is 0 Å². The Bertz CT molecular complexity index is 169. The van der Waals surface area contributed by atoms with Crippen LogP contribution in [0.1, 0.15) is 12.0 Å². The van der Waals surface area contributed by atoms with Crippen LogP contribution in [0.15, 0.2) is 18.5 Å². The van der Waals surface area contributed by atoms with Gasteiger partial charge in [-0.25, -0.2) is 0 Å². The van der Waals surface area contributed by atoms with Crippen LogP contribution < -0.4 is 11.1 Å². The summed E-state index contributed by atoms with van der Waals surface area (Å²) in [5.41, 5.74) is 6.64. The molecule has 0 aliphatic heterocycles. The van der Waals surface area contributed by atoms with E-state index in [2.05, 4.69) is 16.4 Å². The molecule has 4 N–H and O–H groups in total. The number of H-pyrrole nitrogens is 1. The summed E-state index contributed by atoms with van der Waals surface area (Å²) >= 11 is 0. The minimum Gasteiger partial charge on any atom is -0.367 e. The Labute approximate surface area is 67.0 Å². The van der Waals surface area contributed by atoms with E-state index in [0.717, 1.165) is 26.1 Å². The highest BCUT2D eigenvalue weighted by atomic mass is 14.9. The van der Waals surface area contributed by atoms with Crippen LogP contribution in [-0.2, 0) is 6.54 Å². The zero-order valence-corrected chi connectivity index (χ0v) is 6.64. The van der Waals surface area contributed by atoms with Crippen molar-refractivity contribution >= 4 is 0 Å². The van der Waals surface area contributed by atoms with Crippen molar-refractivity contribution in [3.63, 3.8) is 0 Å². The van der Waals surface area contributed by atoms with E-state index in [9.17, 15) is 0 Å². The van der Waals surface area contributed by atoms with Crippen molar-refractivity contribution in [1.82, 2.24) is 10.3 Å². The zero-order chi connectivity index (χ0) is 7.94. The molecule has 0 fully saturated rings. The van der Waals surface area contributed by atoms with Gasteiger partial charge in [-0.15, -0.1) is 0 Å². The van der Waals surface area contributed by atoms with E-state index in [-0.39, 0.29) is 0 Å². The van der Waals surface area contributed by atoms with Crippen molar-refractivity contribution in [3.05, 3.63) is 24.0 Å². The predicted molar refractivity (Wildman–Crippen MR) is 46.2 cm³/mol. The fourth-order valence-corrected chi connectivity index (χ4v) is 0.928. The second-order valence-corrected chi connectivity index (χ2v) is 2.54. The first-order valence-electron chi connectivity index (χ1n) is 3.96.